The molecular formula is C9H10F3NO3S. The van der Waals surface area contributed by atoms with E-state index < -0.39 is 39.0 Å². The molecule has 0 saturated carbocycles. The van der Waals surface area contributed by atoms with Gasteiger partial charge in [-0.25, -0.2) is 21.6 Å². The van der Waals surface area contributed by atoms with Crippen LogP contribution in [-0.4, -0.2) is 38.0 Å². The summed E-state index contributed by atoms with van der Waals surface area (Å²) < 4.78 is 62.8. The van der Waals surface area contributed by atoms with Gasteiger partial charge in [0.25, 0.3) is 0 Å². The normalized spacial score (nSPS) is 12.1. The van der Waals surface area contributed by atoms with Crippen LogP contribution in [0.3, 0.4) is 0 Å². The summed E-state index contributed by atoms with van der Waals surface area (Å²) >= 11 is 0. The quantitative estimate of drug-likeness (QED) is 0.819. The number of hydrogen-bond acceptors (Lipinski definition) is 3. The van der Waals surface area contributed by atoms with Gasteiger partial charge < -0.3 is 5.11 Å². The lowest BCUT2D eigenvalue weighted by molar-refractivity contribution is 0.266. The molecule has 1 N–H and O–H groups in total. The molecule has 0 radical (unpaired) electrons. The highest BCUT2D eigenvalue weighted by atomic mass is 32.2. The van der Waals surface area contributed by atoms with E-state index in [1.54, 1.807) is 0 Å². The van der Waals surface area contributed by atoms with E-state index >= 15 is 0 Å². The number of rotatable bonds is 4. The highest BCUT2D eigenvalue weighted by molar-refractivity contribution is 7.89. The standard InChI is InChI=1S/C9H10F3NO3S/c1-13(2-3-14)17(15,16)9-5-7(11)6(10)4-8(9)12/h4-5,14H,2-3H2,1H3. The smallest absolute Gasteiger partial charge is 0.245 e. The van der Waals surface area contributed by atoms with Crippen LogP contribution in [0, 0.1) is 17.5 Å². The van der Waals surface area contributed by atoms with E-state index in [9.17, 15) is 21.6 Å². The molecule has 0 spiro atoms. The third-order valence-electron chi connectivity index (χ3n) is 2.08. The predicted octanol–water partition coefficient (Wildman–Crippen LogP) is 0.717. The van der Waals surface area contributed by atoms with Gasteiger partial charge in [0.15, 0.2) is 11.6 Å². The minimum absolute atomic E-state index is 0.162. The molecule has 17 heavy (non-hydrogen) atoms. The number of likely N-dealkylation sites (N-methyl/N-ethyl adjacent to an activating group) is 1. The van der Waals surface area contributed by atoms with Gasteiger partial charge in [0.2, 0.25) is 10.0 Å². The first-order chi connectivity index (χ1) is 7.80. The molecule has 1 aromatic rings. The fourth-order valence-corrected chi connectivity index (χ4v) is 2.35. The second kappa shape index (κ2) is 5.03. The SMILES string of the molecule is CN(CCO)S(=O)(=O)c1cc(F)c(F)cc1F. The molecule has 0 aliphatic rings. The van der Waals surface area contributed by atoms with E-state index in [2.05, 4.69) is 0 Å². The Morgan fingerprint density at radius 2 is 1.71 bits per heavy atom. The van der Waals surface area contributed by atoms with Crippen LogP contribution in [0.2, 0.25) is 0 Å². The summed E-state index contributed by atoms with van der Waals surface area (Å²) in [6.07, 6.45) is 0. The summed E-state index contributed by atoms with van der Waals surface area (Å²) in [4.78, 5) is -0.965. The predicted molar refractivity (Wildman–Crippen MR) is 53.2 cm³/mol. The van der Waals surface area contributed by atoms with Crippen LogP contribution in [0.25, 0.3) is 0 Å². The molecule has 0 saturated heterocycles. The van der Waals surface area contributed by atoms with Gasteiger partial charge in [-0.3, -0.25) is 0 Å². The number of aliphatic hydroxyl groups excluding tert-OH is 1. The Kier molecular flexibility index (Phi) is 4.12. The molecule has 0 heterocycles. The van der Waals surface area contributed by atoms with Crippen LogP contribution in [0.1, 0.15) is 0 Å². The summed E-state index contributed by atoms with van der Waals surface area (Å²) in [5.41, 5.74) is 0. The number of halogens is 3. The third kappa shape index (κ3) is 2.76. The maximum atomic E-state index is 13.3. The van der Waals surface area contributed by atoms with Crippen molar-refractivity contribution in [2.24, 2.45) is 0 Å². The third-order valence-corrected chi connectivity index (χ3v) is 3.95. The minimum Gasteiger partial charge on any atom is -0.395 e. The zero-order chi connectivity index (χ0) is 13.2. The van der Waals surface area contributed by atoms with Gasteiger partial charge in [-0.1, -0.05) is 0 Å². The van der Waals surface area contributed by atoms with Crippen molar-refractivity contribution in [1.82, 2.24) is 4.31 Å². The van der Waals surface area contributed by atoms with Crippen molar-refractivity contribution in [1.29, 1.82) is 0 Å². The summed E-state index contributed by atoms with van der Waals surface area (Å²) in [5.74, 6) is -4.30. The van der Waals surface area contributed by atoms with Crippen molar-refractivity contribution in [3.63, 3.8) is 0 Å². The highest BCUT2D eigenvalue weighted by Crippen LogP contribution is 2.21. The number of aliphatic hydroxyl groups is 1. The Balaban J connectivity index is 3.29. The number of hydrogen-bond donors (Lipinski definition) is 1. The van der Waals surface area contributed by atoms with Gasteiger partial charge in [0.1, 0.15) is 10.7 Å². The Labute approximate surface area is 96.3 Å². The zero-order valence-electron chi connectivity index (χ0n) is 8.82. The Morgan fingerprint density at radius 3 is 2.24 bits per heavy atom. The van der Waals surface area contributed by atoms with E-state index in [0.717, 1.165) is 7.05 Å². The summed E-state index contributed by atoms with van der Waals surface area (Å²) in [6, 6.07) is 0.433. The summed E-state index contributed by atoms with van der Waals surface area (Å²) in [5, 5.41) is 8.58. The van der Waals surface area contributed by atoms with Gasteiger partial charge in [0, 0.05) is 19.7 Å². The molecule has 0 aliphatic heterocycles. The van der Waals surface area contributed by atoms with Crippen molar-refractivity contribution in [3.8, 4) is 0 Å². The fraction of sp³-hybridized carbons (Fsp3) is 0.333. The first-order valence-corrected chi connectivity index (χ1v) is 5.96. The molecule has 1 rings (SSSR count). The van der Waals surface area contributed by atoms with Crippen molar-refractivity contribution in [2.45, 2.75) is 4.90 Å². The van der Waals surface area contributed by atoms with Crippen LogP contribution >= 0.6 is 0 Å². The number of nitrogens with zero attached hydrogens (tertiary/aromatic N) is 1. The van der Waals surface area contributed by atoms with Gasteiger partial charge >= 0.3 is 0 Å². The average Bonchev–Trinajstić information content (AvgIpc) is 2.23. The van der Waals surface area contributed by atoms with E-state index in [4.69, 9.17) is 5.11 Å². The molecule has 0 aliphatic carbocycles. The molecule has 96 valence electrons. The maximum absolute atomic E-state index is 13.3. The lowest BCUT2D eigenvalue weighted by Gasteiger charge is -2.16. The Hall–Kier alpha value is -1.12. The monoisotopic (exact) mass is 269 g/mol. The Morgan fingerprint density at radius 1 is 1.18 bits per heavy atom. The van der Waals surface area contributed by atoms with Gasteiger partial charge in [0.05, 0.1) is 6.61 Å². The van der Waals surface area contributed by atoms with Gasteiger partial charge in [-0.2, -0.15) is 4.31 Å². The largest absolute Gasteiger partial charge is 0.395 e. The number of benzene rings is 1. The first-order valence-electron chi connectivity index (χ1n) is 4.52. The maximum Gasteiger partial charge on any atom is 0.245 e. The van der Waals surface area contributed by atoms with E-state index in [1.165, 1.54) is 0 Å². The molecular weight excluding hydrogens is 259 g/mol. The first kappa shape index (κ1) is 13.9. The van der Waals surface area contributed by atoms with Crippen LogP contribution in [0.15, 0.2) is 17.0 Å². The van der Waals surface area contributed by atoms with Crippen molar-refractivity contribution in [3.05, 3.63) is 29.6 Å². The van der Waals surface area contributed by atoms with Crippen molar-refractivity contribution < 1.29 is 26.7 Å². The van der Waals surface area contributed by atoms with E-state index in [1.807, 2.05) is 0 Å². The van der Waals surface area contributed by atoms with Crippen molar-refractivity contribution in [2.75, 3.05) is 20.2 Å². The molecule has 0 amide bonds. The topological polar surface area (TPSA) is 57.6 Å². The molecule has 0 fully saturated rings. The molecule has 8 heteroatoms. The molecule has 0 atom stereocenters. The lowest BCUT2D eigenvalue weighted by atomic mass is 10.3. The van der Waals surface area contributed by atoms with Crippen molar-refractivity contribution >= 4 is 10.0 Å². The van der Waals surface area contributed by atoms with Crippen LogP contribution in [0.5, 0.6) is 0 Å². The molecule has 1 aromatic carbocycles. The van der Waals surface area contributed by atoms with E-state index in [0.29, 0.717) is 4.31 Å². The van der Waals surface area contributed by atoms with Gasteiger partial charge in [-0.15, -0.1) is 0 Å². The molecule has 0 unspecified atom stereocenters. The molecule has 0 aromatic heterocycles. The average molecular weight is 269 g/mol. The molecule has 4 nitrogen and oxygen atoms in total. The second-order valence-electron chi connectivity index (χ2n) is 3.25. The fourth-order valence-electron chi connectivity index (χ4n) is 1.13. The van der Waals surface area contributed by atoms with Crippen LogP contribution < -0.4 is 0 Å². The number of sulfonamides is 1. The zero-order valence-corrected chi connectivity index (χ0v) is 9.64. The highest BCUT2D eigenvalue weighted by Gasteiger charge is 2.26. The van der Waals surface area contributed by atoms with E-state index in [-0.39, 0.29) is 18.7 Å². The Bertz CT molecular complexity index is 518. The minimum atomic E-state index is -4.28. The summed E-state index contributed by atoms with van der Waals surface area (Å²) in [6.45, 7) is -0.748. The van der Waals surface area contributed by atoms with Crippen LogP contribution in [0.4, 0.5) is 13.2 Å². The lowest BCUT2D eigenvalue weighted by Crippen LogP contribution is -2.30. The molecule has 0 bridgehead atoms. The van der Waals surface area contributed by atoms with Gasteiger partial charge in [-0.05, 0) is 6.07 Å². The second-order valence-corrected chi connectivity index (χ2v) is 5.26. The summed E-state index contributed by atoms with van der Waals surface area (Å²) in [7, 11) is -3.19. The van der Waals surface area contributed by atoms with Crippen LogP contribution in [-0.2, 0) is 10.0 Å².